The quantitative estimate of drug-likeness (QED) is 0.761. The smallest absolute Gasteiger partial charge is 0.255 e. The topological polar surface area (TPSA) is 83.9 Å². The summed E-state index contributed by atoms with van der Waals surface area (Å²) in [6.07, 6.45) is 3.36. The van der Waals surface area contributed by atoms with Crippen LogP contribution in [0.3, 0.4) is 0 Å². The summed E-state index contributed by atoms with van der Waals surface area (Å²) in [5, 5.41) is 8.47. The normalized spacial score (nSPS) is 17.5. The van der Waals surface area contributed by atoms with Crippen LogP contribution < -0.4 is 14.5 Å². The van der Waals surface area contributed by atoms with Crippen LogP contribution in [0.15, 0.2) is 30.6 Å². The van der Waals surface area contributed by atoms with Crippen molar-refractivity contribution in [2.75, 3.05) is 69.4 Å². The molecule has 0 radical (unpaired) electrons. The predicted molar refractivity (Wildman–Crippen MR) is 104 cm³/mol. The molecule has 0 N–H and O–H groups in total. The van der Waals surface area contributed by atoms with Gasteiger partial charge in [0.05, 0.1) is 37.8 Å². The fraction of sp³-hybridized carbons (Fsp3) is 0.474. The number of piperazine rings is 1. The maximum Gasteiger partial charge on any atom is 0.255 e. The highest BCUT2D eigenvalue weighted by Gasteiger charge is 2.24. The number of aromatic nitrogens is 3. The molecule has 9 heteroatoms. The minimum Gasteiger partial charge on any atom is -0.481 e. The van der Waals surface area contributed by atoms with Gasteiger partial charge in [0.15, 0.2) is 5.82 Å². The minimum atomic E-state index is -0.0112. The summed E-state index contributed by atoms with van der Waals surface area (Å²) in [4.78, 5) is 23.1. The van der Waals surface area contributed by atoms with Crippen molar-refractivity contribution in [3.63, 3.8) is 0 Å². The second kappa shape index (κ2) is 8.39. The first kappa shape index (κ1) is 18.4. The number of carbonyl (C=O) groups excluding carboxylic acids is 1. The fourth-order valence-electron chi connectivity index (χ4n) is 3.44. The first-order chi connectivity index (χ1) is 13.7. The number of carbonyl (C=O) groups is 1. The highest BCUT2D eigenvalue weighted by molar-refractivity contribution is 5.94. The monoisotopic (exact) mass is 384 g/mol. The van der Waals surface area contributed by atoms with Crippen molar-refractivity contribution in [1.29, 1.82) is 0 Å². The lowest BCUT2D eigenvalue weighted by atomic mass is 10.2. The summed E-state index contributed by atoms with van der Waals surface area (Å²) in [6.45, 7) is 5.90. The number of pyridine rings is 1. The van der Waals surface area contributed by atoms with Gasteiger partial charge >= 0.3 is 0 Å². The van der Waals surface area contributed by atoms with Gasteiger partial charge in [0, 0.05) is 57.6 Å². The summed E-state index contributed by atoms with van der Waals surface area (Å²) < 4.78 is 10.5. The molecule has 1 amide bonds. The Morgan fingerprint density at radius 2 is 1.82 bits per heavy atom. The lowest BCUT2D eigenvalue weighted by Gasteiger charge is -2.35. The molecule has 0 spiro atoms. The summed E-state index contributed by atoms with van der Waals surface area (Å²) in [5.74, 6) is 1.34. The molecule has 28 heavy (non-hydrogen) atoms. The lowest BCUT2D eigenvalue weighted by Crippen LogP contribution is -2.49. The predicted octanol–water partition coefficient (Wildman–Crippen LogP) is 0.679. The summed E-state index contributed by atoms with van der Waals surface area (Å²) in [6, 6.07) is 5.53. The zero-order valence-corrected chi connectivity index (χ0v) is 16.0. The Labute approximate surface area is 163 Å². The van der Waals surface area contributed by atoms with E-state index in [4.69, 9.17) is 9.47 Å². The Balaban J connectivity index is 1.37. The second-order valence-corrected chi connectivity index (χ2v) is 6.74. The van der Waals surface area contributed by atoms with Gasteiger partial charge in [0.2, 0.25) is 5.88 Å². The number of anilines is 2. The second-order valence-electron chi connectivity index (χ2n) is 6.74. The Hall–Kier alpha value is -2.94. The van der Waals surface area contributed by atoms with Crippen LogP contribution in [0.5, 0.6) is 5.88 Å². The van der Waals surface area contributed by atoms with E-state index in [9.17, 15) is 4.79 Å². The average Bonchev–Trinajstić information content (AvgIpc) is 2.79. The van der Waals surface area contributed by atoms with Crippen molar-refractivity contribution in [1.82, 2.24) is 20.1 Å². The third-order valence-electron chi connectivity index (χ3n) is 5.09. The molecule has 2 aliphatic heterocycles. The maximum atomic E-state index is 12.7. The van der Waals surface area contributed by atoms with Crippen molar-refractivity contribution in [2.24, 2.45) is 0 Å². The summed E-state index contributed by atoms with van der Waals surface area (Å²) >= 11 is 0. The molecular weight excluding hydrogens is 360 g/mol. The zero-order chi connectivity index (χ0) is 19.3. The standard InChI is InChI=1S/C19H24N6O3/c1-27-18-3-2-15(13-20-18)19(26)25-6-4-24(5-7-25)17-12-16(14-21-22-17)23-8-10-28-11-9-23/h2-3,12-14H,4-11H2,1H3. The van der Waals surface area contributed by atoms with Gasteiger partial charge in [-0.05, 0) is 6.07 Å². The Bertz CT molecular complexity index is 802. The number of amides is 1. The van der Waals surface area contributed by atoms with Crippen molar-refractivity contribution >= 4 is 17.4 Å². The van der Waals surface area contributed by atoms with Crippen LogP contribution in [0, 0.1) is 0 Å². The van der Waals surface area contributed by atoms with Crippen LogP contribution in [-0.2, 0) is 4.74 Å². The number of ether oxygens (including phenoxy) is 2. The van der Waals surface area contributed by atoms with E-state index in [2.05, 4.69) is 31.0 Å². The van der Waals surface area contributed by atoms with E-state index in [1.54, 1.807) is 31.6 Å². The van der Waals surface area contributed by atoms with Crippen LogP contribution in [-0.4, -0.2) is 85.6 Å². The lowest BCUT2D eigenvalue weighted by molar-refractivity contribution is 0.0746. The van der Waals surface area contributed by atoms with Crippen LogP contribution in [0.2, 0.25) is 0 Å². The van der Waals surface area contributed by atoms with Gasteiger partial charge in [0.25, 0.3) is 5.91 Å². The van der Waals surface area contributed by atoms with Crippen LogP contribution >= 0.6 is 0 Å². The molecule has 9 nitrogen and oxygen atoms in total. The molecule has 2 fully saturated rings. The van der Waals surface area contributed by atoms with E-state index in [0.29, 0.717) is 24.5 Å². The molecular formula is C19H24N6O3. The first-order valence-electron chi connectivity index (χ1n) is 9.44. The third-order valence-corrected chi connectivity index (χ3v) is 5.09. The van der Waals surface area contributed by atoms with Crippen molar-refractivity contribution in [2.45, 2.75) is 0 Å². The van der Waals surface area contributed by atoms with Crippen LogP contribution in [0.4, 0.5) is 11.5 Å². The van der Waals surface area contributed by atoms with Gasteiger partial charge in [0.1, 0.15) is 0 Å². The van der Waals surface area contributed by atoms with E-state index in [-0.39, 0.29) is 5.91 Å². The average molecular weight is 384 g/mol. The summed E-state index contributed by atoms with van der Waals surface area (Å²) in [5.41, 5.74) is 1.64. The Kier molecular flexibility index (Phi) is 5.52. The summed E-state index contributed by atoms with van der Waals surface area (Å²) in [7, 11) is 1.56. The van der Waals surface area contributed by atoms with Gasteiger partial charge in [-0.3, -0.25) is 4.79 Å². The number of morpholine rings is 1. The molecule has 4 rings (SSSR count). The maximum absolute atomic E-state index is 12.7. The van der Waals surface area contributed by atoms with Crippen molar-refractivity contribution < 1.29 is 14.3 Å². The molecule has 2 saturated heterocycles. The molecule has 148 valence electrons. The van der Waals surface area contributed by atoms with E-state index < -0.39 is 0 Å². The van der Waals surface area contributed by atoms with Gasteiger partial charge < -0.3 is 24.2 Å². The third kappa shape index (κ3) is 3.99. The first-order valence-corrected chi connectivity index (χ1v) is 9.44. The highest BCUT2D eigenvalue weighted by atomic mass is 16.5. The van der Waals surface area contributed by atoms with Crippen LogP contribution in [0.1, 0.15) is 10.4 Å². The number of rotatable bonds is 4. The SMILES string of the molecule is COc1ccc(C(=O)N2CCN(c3cc(N4CCOCC4)cnn3)CC2)cn1. The zero-order valence-electron chi connectivity index (χ0n) is 16.0. The number of hydrogen-bond acceptors (Lipinski definition) is 8. The highest BCUT2D eigenvalue weighted by Crippen LogP contribution is 2.21. The molecule has 0 unspecified atom stereocenters. The number of methoxy groups -OCH3 is 1. The van der Waals surface area contributed by atoms with Crippen LogP contribution in [0.25, 0.3) is 0 Å². The Morgan fingerprint density at radius 3 is 2.50 bits per heavy atom. The molecule has 2 aromatic heterocycles. The van der Waals surface area contributed by atoms with Gasteiger partial charge in [-0.2, -0.15) is 5.10 Å². The molecule has 0 atom stereocenters. The van der Waals surface area contributed by atoms with E-state index in [0.717, 1.165) is 50.9 Å². The fourth-order valence-corrected chi connectivity index (χ4v) is 3.44. The largest absolute Gasteiger partial charge is 0.481 e. The molecule has 2 aliphatic rings. The molecule has 0 saturated carbocycles. The molecule has 2 aromatic rings. The van der Waals surface area contributed by atoms with Crippen molar-refractivity contribution in [3.8, 4) is 5.88 Å². The Morgan fingerprint density at radius 1 is 1.04 bits per heavy atom. The molecule has 0 bridgehead atoms. The number of nitrogens with zero attached hydrogens (tertiary/aromatic N) is 6. The molecule has 0 aliphatic carbocycles. The van der Waals surface area contributed by atoms with Crippen molar-refractivity contribution in [3.05, 3.63) is 36.2 Å². The van der Waals surface area contributed by atoms with Gasteiger partial charge in [-0.25, -0.2) is 4.98 Å². The van der Waals surface area contributed by atoms with E-state index >= 15 is 0 Å². The van der Waals surface area contributed by atoms with E-state index in [1.165, 1.54) is 0 Å². The number of hydrogen-bond donors (Lipinski definition) is 0. The van der Waals surface area contributed by atoms with Gasteiger partial charge in [-0.1, -0.05) is 0 Å². The van der Waals surface area contributed by atoms with E-state index in [1.807, 2.05) is 4.90 Å². The van der Waals surface area contributed by atoms with Gasteiger partial charge in [-0.15, -0.1) is 5.10 Å². The molecule has 4 heterocycles. The minimum absolute atomic E-state index is 0.0112. The molecule has 0 aromatic carbocycles.